The largest absolute Gasteiger partial charge is 0.357 e. The summed E-state index contributed by atoms with van der Waals surface area (Å²) in [6, 6.07) is 10.2. The van der Waals surface area contributed by atoms with Crippen molar-refractivity contribution < 1.29 is 22.8 Å². The van der Waals surface area contributed by atoms with E-state index in [2.05, 4.69) is 5.32 Å². The van der Waals surface area contributed by atoms with Crippen LogP contribution >= 0.6 is 23.2 Å². The lowest BCUT2D eigenvalue weighted by molar-refractivity contribution is -0.140. The molecule has 176 valence electrons. The van der Waals surface area contributed by atoms with Gasteiger partial charge in [-0.05, 0) is 43.2 Å². The minimum Gasteiger partial charge on any atom is -0.357 e. The van der Waals surface area contributed by atoms with Crippen molar-refractivity contribution in [1.82, 2.24) is 14.5 Å². The van der Waals surface area contributed by atoms with Crippen molar-refractivity contribution in [3.8, 4) is 0 Å². The molecule has 0 saturated heterocycles. The maximum atomic E-state index is 13.0. The number of nitrogens with one attached hydrogen (secondary N) is 1. The van der Waals surface area contributed by atoms with Crippen LogP contribution in [0.4, 0.5) is 0 Å². The van der Waals surface area contributed by atoms with Crippen molar-refractivity contribution in [1.29, 1.82) is 0 Å². The molecule has 0 saturated carbocycles. The molecule has 0 bridgehead atoms. The van der Waals surface area contributed by atoms with Gasteiger partial charge in [-0.3, -0.25) is 14.4 Å². The Morgan fingerprint density at radius 1 is 1.12 bits per heavy atom. The van der Waals surface area contributed by atoms with Gasteiger partial charge >= 0.3 is 0 Å². The third-order valence-electron chi connectivity index (χ3n) is 5.41. The van der Waals surface area contributed by atoms with Crippen molar-refractivity contribution in [2.45, 2.75) is 37.2 Å². The van der Waals surface area contributed by atoms with Crippen molar-refractivity contribution in [2.24, 2.45) is 0 Å². The molecule has 1 aliphatic heterocycles. The van der Waals surface area contributed by atoms with E-state index in [-0.39, 0.29) is 48.2 Å². The number of benzene rings is 2. The fourth-order valence-corrected chi connectivity index (χ4v) is 5.52. The predicted molar refractivity (Wildman–Crippen MR) is 124 cm³/mol. The van der Waals surface area contributed by atoms with E-state index in [9.17, 15) is 22.8 Å². The highest BCUT2D eigenvalue weighted by Gasteiger charge is 2.40. The van der Waals surface area contributed by atoms with Gasteiger partial charge in [0.1, 0.15) is 10.9 Å². The highest BCUT2D eigenvalue weighted by atomic mass is 35.5. The Balaban J connectivity index is 1.71. The summed E-state index contributed by atoms with van der Waals surface area (Å²) >= 11 is 12.0. The molecule has 0 aliphatic carbocycles. The lowest BCUT2D eigenvalue weighted by Gasteiger charge is -2.28. The average molecular weight is 512 g/mol. The Labute approximate surface area is 202 Å². The predicted octanol–water partition coefficient (Wildman–Crippen LogP) is 3.08. The van der Waals surface area contributed by atoms with Crippen LogP contribution in [0.2, 0.25) is 10.0 Å². The van der Waals surface area contributed by atoms with Crippen molar-refractivity contribution in [2.75, 3.05) is 13.6 Å². The van der Waals surface area contributed by atoms with Crippen LogP contribution in [0.5, 0.6) is 0 Å². The molecule has 8 nitrogen and oxygen atoms in total. The second kappa shape index (κ2) is 10.1. The molecular formula is C22H23Cl2N3O5S. The first-order valence-electron chi connectivity index (χ1n) is 10.2. The van der Waals surface area contributed by atoms with Crippen LogP contribution < -0.4 is 5.32 Å². The Morgan fingerprint density at radius 2 is 1.82 bits per heavy atom. The minimum absolute atomic E-state index is 0.0317. The van der Waals surface area contributed by atoms with Crippen LogP contribution in [0.3, 0.4) is 0 Å². The average Bonchev–Trinajstić information content (AvgIpc) is 2.99. The van der Waals surface area contributed by atoms with Crippen molar-refractivity contribution in [3.63, 3.8) is 0 Å². The molecule has 1 aliphatic rings. The third-order valence-corrected chi connectivity index (χ3v) is 7.99. The third kappa shape index (κ3) is 5.15. The highest BCUT2D eigenvalue weighted by molar-refractivity contribution is 7.90. The minimum atomic E-state index is -3.94. The molecule has 0 spiro atoms. The molecule has 1 atom stereocenters. The van der Waals surface area contributed by atoms with Gasteiger partial charge in [-0.1, -0.05) is 41.4 Å². The summed E-state index contributed by atoms with van der Waals surface area (Å²) in [5.74, 6) is -1.32. The smallest absolute Gasteiger partial charge is 0.269 e. The summed E-state index contributed by atoms with van der Waals surface area (Å²) in [6.45, 7) is 1.56. The Bertz CT molecular complexity index is 1200. The van der Waals surface area contributed by atoms with Gasteiger partial charge in [-0.2, -0.15) is 0 Å². The first-order valence-corrected chi connectivity index (χ1v) is 12.4. The number of hydrogen-bond acceptors (Lipinski definition) is 5. The zero-order chi connectivity index (χ0) is 24.3. The van der Waals surface area contributed by atoms with Gasteiger partial charge < -0.3 is 10.2 Å². The maximum absolute atomic E-state index is 13.0. The highest BCUT2D eigenvalue weighted by Crippen LogP contribution is 2.30. The number of hydrogen-bond donors (Lipinski definition) is 1. The normalized spacial score (nSPS) is 15.2. The molecule has 1 N–H and O–H groups in total. The second-order valence-corrected chi connectivity index (χ2v) is 10.2. The fourth-order valence-electron chi connectivity index (χ4n) is 3.60. The SMILES string of the molecule is CNC(=O)C(C)N(Cc1ccc(Cl)c(Cl)c1)C(=O)CCCN1C(=O)c2ccccc2S1(=O)=O. The second-order valence-electron chi connectivity index (χ2n) is 7.54. The van der Waals surface area contributed by atoms with E-state index in [1.165, 1.54) is 24.1 Å². The van der Waals surface area contributed by atoms with Gasteiger partial charge in [-0.15, -0.1) is 0 Å². The monoisotopic (exact) mass is 511 g/mol. The summed E-state index contributed by atoms with van der Waals surface area (Å²) in [7, 11) is -2.46. The van der Waals surface area contributed by atoms with E-state index in [0.717, 1.165) is 4.31 Å². The number of carbonyl (C=O) groups is 3. The number of sulfonamides is 1. The van der Waals surface area contributed by atoms with Crippen LogP contribution in [0, 0.1) is 0 Å². The zero-order valence-corrected chi connectivity index (χ0v) is 20.4. The number of halogens is 2. The van der Waals surface area contributed by atoms with E-state index in [4.69, 9.17) is 23.2 Å². The van der Waals surface area contributed by atoms with Crippen LogP contribution in [-0.4, -0.2) is 55.0 Å². The van der Waals surface area contributed by atoms with Crippen molar-refractivity contribution in [3.05, 3.63) is 63.6 Å². The van der Waals surface area contributed by atoms with Crippen LogP contribution in [0.15, 0.2) is 47.4 Å². The summed E-state index contributed by atoms with van der Waals surface area (Å²) in [5, 5.41) is 3.22. The Morgan fingerprint density at radius 3 is 2.45 bits per heavy atom. The molecule has 11 heteroatoms. The molecule has 0 fully saturated rings. The summed E-state index contributed by atoms with van der Waals surface area (Å²) < 4.78 is 26.1. The van der Waals surface area contributed by atoms with E-state index in [1.807, 2.05) is 0 Å². The molecule has 2 aromatic carbocycles. The van der Waals surface area contributed by atoms with Crippen molar-refractivity contribution >= 4 is 50.9 Å². The van der Waals surface area contributed by atoms with E-state index >= 15 is 0 Å². The maximum Gasteiger partial charge on any atom is 0.269 e. The Hall–Kier alpha value is -2.62. The summed E-state index contributed by atoms with van der Waals surface area (Å²) in [6.07, 6.45) is 0.0500. The quantitative estimate of drug-likeness (QED) is 0.586. The fraction of sp³-hybridized carbons (Fsp3) is 0.318. The first-order chi connectivity index (χ1) is 15.6. The summed E-state index contributed by atoms with van der Waals surface area (Å²) in [5.41, 5.74) is 0.805. The van der Waals surface area contributed by atoms with Crippen LogP contribution in [0.1, 0.15) is 35.7 Å². The van der Waals surface area contributed by atoms with Crippen LogP contribution in [-0.2, 0) is 26.2 Å². The number of amides is 3. The molecule has 2 aromatic rings. The van der Waals surface area contributed by atoms with Gasteiger partial charge in [-0.25, -0.2) is 12.7 Å². The topological polar surface area (TPSA) is 104 Å². The molecule has 0 aromatic heterocycles. The number of likely N-dealkylation sites (N-methyl/N-ethyl adjacent to an activating group) is 1. The van der Waals surface area contributed by atoms with Gasteiger partial charge in [0.15, 0.2) is 0 Å². The lowest BCUT2D eigenvalue weighted by atomic mass is 10.1. The number of fused-ring (bicyclic) bond motifs is 1. The van der Waals surface area contributed by atoms with Gasteiger partial charge in [0.05, 0.1) is 15.6 Å². The molecule has 1 unspecified atom stereocenters. The standard InChI is InChI=1S/C22H23Cl2N3O5S/c1-14(21(29)25-2)26(13-15-9-10-17(23)18(24)12-15)20(28)8-5-11-27-22(30)16-6-3-4-7-19(16)33(27,31)32/h3-4,6-7,9-10,12,14H,5,8,11,13H2,1-2H3,(H,25,29). The molecule has 3 rings (SSSR count). The zero-order valence-electron chi connectivity index (χ0n) is 18.0. The first kappa shape index (κ1) is 25.0. The van der Waals surface area contributed by atoms with Crippen LogP contribution in [0.25, 0.3) is 0 Å². The molecule has 0 radical (unpaired) electrons. The van der Waals surface area contributed by atoms with Gasteiger partial charge in [0, 0.05) is 26.6 Å². The van der Waals surface area contributed by atoms with Gasteiger partial charge in [0.25, 0.3) is 15.9 Å². The molecule has 1 heterocycles. The number of rotatable bonds is 8. The molecule has 33 heavy (non-hydrogen) atoms. The molecular weight excluding hydrogens is 489 g/mol. The number of nitrogens with zero attached hydrogens (tertiary/aromatic N) is 2. The lowest BCUT2D eigenvalue weighted by Crippen LogP contribution is -2.46. The number of carbonyl (C=O) groups excluding carboxylic acids is 3. The molecule has 3 amide bonds. The van der Waals surface area contributed by atoms with E-state index in [1.54, 1.807) is 37.3 Å². The Kier molecular flexibility index (Phi) is 7.66. The summed E-state index contributed by atoms with van der Waals surface area (Å²) in [4.78, 5) is 39.1. The van der Waals surface area contributed by atoms with Gasteiger partial charge in [0.2, 0.25) is 11.8 Å². The van der Waals surface area contributed by atoms with E-state index < -0.39 is 22.0 Å². The van der Waals surface area contributed by atoms with E-state index in [0.29, 0.717) is 15.6 Å².